The Hall–Kier alpha value is -1.20. The fourth-order valence-electron chi connectivity index (χ4n) is 1.73. The minimum absolute atomic E-state index is 0.0640. The molecule has 0 saturated heterocycles. The van der Waals surface area contributed by atoms with Gasteiger partial charge in [0.2, 0.25) is 0 Å². The number of carbonyl (C=O) groups excluding carboxylic acids is 1. The Kier molecular flexibility index (Phi) is 8.14. The minimum Gasteiger partial charge on any atom is -0.494 e. The summed E-state index contributed by atoms with van der Waals surface area (Å²) in [6, 6.07) is 7.15. The van der Waals surface area contributed by atoms with Crippen molar-refractivity contribution in [2.45, 2.75) is 19.4 Å². The lowest BCUT2D eigenvalue weighted by molar-refractivity contribution is 0.0819. The van der Waals surface area contributed by atoms with Crippen LogP contribution < -0.4 is 10.1 Å². The van der Waals surface area contributed by atoms with Gasteiger partial charge >= 0.3 is 0 Å². The number of ether oxygens (including phenoxy) is 2. The molecule has 1 N–H and O–H groups in total. The van der Waals surface area contributed by atoms with Crippen molar-refractivity contribution in [2.75, 3.05) is 32.3 Å². The molecule has 1 aromatic rings. The van der Waals surface area contributed by atoms with Crippen LogP contribution in [0, 0.1) is 0 Å². The summed E-state index contributed by atoms with van der Waals surface area (Å²) in [5, 5.41) is 2.90. The van der Waals surface area contributed by atoms with Gasteiger partial charge in [0.05, 0.1) is 12.7 Å². The van der Waals surface area contributed by atoms with E-state index in [1.807, 2.05) is 6.92 Å². The van der Waals surface area contributed by atoms with Crippen molar-refractivity contribution in [3.05, 3.63) is 29.8 Å². The molecule has 20 heavy (non-hydrogen) atoms. The number of amides is 1. The highest BCUT2D eigenvalue weighted by Crippen LogP contribution is 2.12. The number of hydrogen-bond acceptors (Lipinski definition) is 4. The number of carbonyl (C=O) groups is 1. The van der Waals surface area contributed by atoms with Crippen LogP contribution in [0.15, 0.2) is 24.3 Å². The van der Waals surface area contributed by atoms with E-state index < -0.39 is 0 Å². The van der Waals surface area contributed by atoms with E-state index in [1.165, 1.54) is 0 Å². The lowest BCUT2D eigenvalue weighted by Crippen LogP contribution is -2.33. The topological polar surface area (TPSA) is 47.6 Å². The second-order valence-electron chi connectivity index (χ2n) is 4.31. The molecule has 1 rings (SSSR count). The molecular weight excluding hydrogens is 274 g/mol. The third-order valence-electron chi connectivity index (χ3n) is 2.90. The maximum atomic E-state index is 12.0. The van der Waals surface area contributed by atoms with Gasteiger partial charge in [0.1, 0.15) is 5.75 Å². The summed E-state index contributed by atoms with van der Waals surface area (Å²) in [7, 11) is 1.67. The molecule has 0 fully saturated rings. The van der Waals surface area contributed by atoms with Crippen molar-refractivity contribution in [2.24, 2.45) is 0 Å². The van der Waals surface area contributed by atoms with E-state index >= 15 is 0 Å². The normalized spacial score (nSPS) is 11.9. The highest BCUT2D eigenvalue weighted by atomic mass is 32.2. The van der Waals surface area contributed by atoms with Crippen molar-refractivity contribution in [3.8, 4) is 5.75 Å². The summed E-state index contributed by atoms with van der Waals surface area (Å²) in [6.07, 6.45) is 3.06. The van der Waals surface area contributed by atoms with Gasteiger partial charge in [0.15, 0.2) is 0 Å². The van der Waals surface area contributed by atoms with E-state index in [2.05, 4.69) is 11.6 Å². The molecule has 0 aliphatic carbocycles. The highest BCUT2D eigenvalue weighted by molar-refractivity contribution is 7.98. The van der Waals surface area contributed by atoms with Gasteiger partial charge < -0.3 is 14.8 Å². The average molecular weight is 297 g/mol. The molecule has 0 radical (unpaired) electrons. The lowest BCUT2D eigenvalue weighted by Gasteiger charge is -2.15. The molecule has 0 aliphatic heterocycles. The van der Waals surface area contributed by atoms with Gasteiger partial charge in [0.25, 0.3) is 5.91 Å². The molecule has 5 heteroatoms. The Labute approximate surface area is 125 Å². The van der Waals surface area contributed by atoms with Crippen LogP contribution >= 0.6 is 11.8 Å². The quantitative estimate of drug-likeness (QED) is 0.761. The molecule has 0 saturated carbocycles. The van der Waals surface area contributed by atoms with Gasteiger partial charge in [-0.3, -0.25) is 4.79 Å². The molecule has 112 valence electrons. The summed E-state index contributed by atoms with van der Waals surface area (Å²) in [5.41, 5.74) is 0.633. The fraction of sp³-hybridized carbons (Fsp3) is 0.533. The molecule has 4 nitrogen and oxygen atoms in total. The average Bonchev–Trinajstić information content (AvgIpc) is 2.48. The zero-order chi connectivity index (χ0) is 14.8. The number of hydrogen-bond donors (Lipinski definition) is 1. The first-order valence-electron chi connectivity index (χ1n) is 6.74. The van der Waals surface area contributed by atoms with Crippen LogP contribution in [0.25, 0.3) is 0 Å². The Morgan fingerprint density at radius 1 is 1.35 bits per heavy atom. The lowest BCUT2D eigenvalue weighted by atomic mass is 10.2. The van der Waals surface area contributed by atoms with Crippen molar-refractivity contribution >= 4 is 17.7 Å². The summed E-state index contributed by atoms with van der Waals surface area (Å²) in [4.78, 5) is 12.0. The standard InChI is InChI=1S/C15H23NO3S/c1-4-19-13-7-5-12(6-8-13)15(17)16-11-14(18-2)9-10-20-3/h5-8,14H,4,9-11H2,1-3H3,(H,16,17). The second kappa shape index (κ2) is 9.66. The smallest absolute Gasteiger partial charge is 0.251 e. The van der Waals surface area contributed by atoms with Gasteiger partial charge in [-0.25, -0.2) is 0 Å². The third kappa shape index (κ3) is 5.84. The van der Waals surface area contributed by atoms with Crippen LogP contribution in [-0.2, 0) is 4.74 Å². The first-order chi connectivity index (χ1) is 9.71. The molecule has 1 unspecified atom stereocenters. The predicted molar refractivity (Wildman–Crippen MR) is 83.7 cm³/mol. The van der Waals surface area contributed by atoms with E-state index in [9.17, 15) is 4.79 Å². The predicted octanol–water partition coefficient (Wildman–Crippen LogP) is 2.58. The van der Waals surface area contributed by atoms with Crippen molar-refractivity contribution in [3.63, 3.8) is 0 Å². The Morgan fingerprint density at radius 3 is 2.60 bits per heavy atom. The maximum Gasteiger partial charge on any atom is 0.251 e. The van der Waals surface area contributed by atoms with Crippen LogP contribution in [0.2, 0.25) is 0 Å². The third-order valence-corrected chi connectivity index (χ3v) is 3.54. The monoisotopic (exact) mass is 297 g/mol. The fourth-order valence-corrected chi connectivity index (χ4v) is 2.23. The molecular formula is C15H23NO3S. The van der Waals surface area contributed by atoms with Gasteiger partial charge in [-0.05, 0) is 49.6 Å². The number of methoxy groups -OCH3 is 1. The van der Waals surface area contributed by atoms with Crippen molar-refractivity contribution in [1.29, 1.82) is 0 Å². The Balaban J connectivity index is 2.45. The first-order valence-corrected chi connectivity index (χ1v) is 8.13. The van der Waals surface area contributed by atoms with Crippen molar-refractivity contribution in [1.82, 2.24) is 5.32 Å². The summed E-state index contributed by atoms with van der Waals surface area (Å²) in [6.45, 7) is 3.08. The van der Waals surface area contributed by atoms with Crippen LogP contribution in [0.5, 0.6) is 5.75 Å². The number of benzene rings is 1. The van der Waals surface area contributed by atoms with Crippen LogP contribution in [-0.4, -0.2) is 44.3 Å². The van der Waals surface area contributed by atoms with E-state index in [-0.39, 0.29) is 12.0 Å². The van der Waals surface area contributed by atoms with E-state index in [0.29, 0.717) is 18.7 Å². The van der Waals surface area contributed by atoms with Crippen molar-refractivity contribution < 1.29 is 14.3 Å². The van der Waals surface area contributed by atoms with E-state index in [1.54, 1.807) is 43.1 Å². The molecule has 1 aromatic carbocycles. The Bertz CT molecular complexity index is 395. The van der Waals surface area contributed by atoms with Crippen LogP contribution in [0.3, 0.4) is 0 Å². The zero-order valence-electron chi connectivity index (χ0n) is 12.3. The van der Waals surface area contributed by atoms with Gasteiger partial charge in [-0.2, -0.15) is 11.8 Å². The largest absolute Gasteiger partial charge is 0.494 e. The van der Waals surface area contributed by atoms with Gasteiger partial charge in [-0.1, -0.05) is 0 Å². The summed E-state index contributed by atoms with van der Waals surface area (Å²) >= 11 is 1.78. The molecule has 1 atom stereocenters. The minimum atomic E-state index is -0.0840. The van der Waals surface area contributed by atoms with E-state index in [0.717, 1.165) is 17.9 Å². The SMILES string of the molecule is CCOc1ccc(C(=O)NCC(CCSC)OC)cc1. The molecule has 0 spiro atoms. The van der Waals surface area contributed by atoms with Gasteiger partial charge in [-0.15, -0.1) is 0 Å². The van der Waals surface area contributed by atoms with E-state index in [4.69, 9.17) is 9.47 Å². The molecule has 1 amide bonds. The van der Waals surface area contributed by atoms with Crippen LogP contribution in [0.4, 0.5) is 0 Å². The zero-order valence-corrected chi connectivity index (χ0v) is 13.2. The number of rotatable bonds is 9. The van der Waals surface area contributed by atoms with Crippen LogP contribution in [0.1, 0.15) is 23.7 Å². The number of nitrogens with one attached hydrogen (secondary N) is 1. The summed E-state index contributed by atoms with van der Waals surface area (Å²) < 4.78 is 10.7. The molecule has 0 aromatic heterocycles. The molecule has 0 heterocycles. The second-order valence-corrected chi connectivity index (χ2v) is 5.29. The summed E-state index contributed by atoms with van der Waals surface area (Å²) in [5.74, 6) is 1.72. The van der Waals surface area contributed by atoms with Gasteiger partial charge in [0, 0.05) is 19.2 Å². The highest BCUT2D eigenvalue weighted by Gasteiger charge is 2.10. The molecule has 0 bridgehead atoms. The first kappa shape index (κ1) is 16.9. The molecule has 0 aliphatic rings. The number of thioether (sulfide) groups is 1. The Morgan fingerprint density at radius 2 is 2.05 bits per heavy atom. The maximum absolute atomic E-state index is 12.0.